The highest BCUT2D eigenvalue weighted by atomic mass is 19.4. The molecule has 28 heavy (non-hydrogen) atoms. The van der Waals surface area contributed by atoms with Gasteiger partial charge >= 0.3 is 6.18 Å². The molecule has 3 rings (SSSR count). The molecule has 1 aromatic carbocycles. The van der Waals surface area contributed by atoms with Crippen LogP contribution in [0.3, 0.4) is 0 Å². The molecule has 0 fully saturated rings. The summed E-state index contributed by atoms with van der Waals surface area (Å²) in [5.41, 5.74) is -0.491. The zero-order valence-corrected chi connectivity index (χ0v) is 15.6. The number of halogens is 3. The Morgan fingerprint density at radius 1 is 1.14 bits per heavy atom. The number of nitrogens with one attached hydrogen (secondary N) is 2. The monoisotopic (exact) mass is 394 g/mol. The minimum atomic E-state index is -4.60. The predicted octanol–water partition coefficient (Wildman–Crippen LogP) is 3.63. The summed E-state index contributed by atoms with van der Waals surface area (Å²) in [5, 5.41) is 5.05. The number of carbonyl (C=O) groups is 2. The van der Waals surface area contributed by atoms with Crippen molar-refractivity contribution in [2.45, 2.75) is 51.9 Å². The van der Waals surface area contributed by atoms with Crippen LogP contribution in [0.15, 0.2) is 24.3 Å². The fourth-order valence-corrected chi connectivity index (χ4v) is 3.25. The number of anilines is 1. The molecule has 1 aromatic heterocycles. The first-order valence-electron chi connectivity index (χ1n) is 9.06. The molecule has 2 heterocycles. The van der Waals surface area contributed by atoms with Gasteiger partial charge in [-0.25, -0.2) is 4.98 Å². The molecule has 2 N–H and O–H groups in total. The summed E-state index contributed by atoms with van der Waals surface area (Å²) < 4.78 is 41.2. The molecule has 0 radical (unpaired) electrons. The van der Waals surface area contributed by atoms with E-state index in [2.05, 4.69) is 15.6 Å². The molecule has 0 spiro atoms. The minimum Gasteiger partial charge on any atom is -0.348 e. The van der Waals surface area contributed by atoms with E-state index in [1.165, 1.54) is 18.2 Å². The van der Waals surface area contributed by atoms with E-state index in [-0.39, 0.29) is 23.2 Å². The highest BCUT2D eigenvalue weighted by molar-refractivity contribution is 6.04. The molecule has 9 heteroatoms. The van der Waals surface area contributed by atoms with Crippen LogP contribution in [0.25, 0.3) is 0 Å². The quantitative estimate of drug-likeness (QED) is 0.832. The number of carbonyl (C=O) groups excluding carboxylic acids is 2. The molecular formula is C19H21F3N4O2. The van der Waals surface area contributed by atoms with Gasteiger partial charge in [0.25, 0.3) is 11.8 Å². The van der Waals surface area contributed by atoms with Crippen molar-refractivity contribution < 1.29 is 22.8 Å². The Morgan fingerprint density at radius 2 is 1.86 bits per heavy atom. The fourth-order valence-electron chi connectivity index (χ4n) is 3.25. The molecule has 2 amide bonds. The minimum absolute atomic E-state index is 0.0550. The highest BCUT2D eigenvalue weighted by Crippen LogP contribution is 2.34. The van der Waals surface area contributed by atoms with Gasteiger partial charge in [0.05, 0.1) is 16.9 Å². The van der Waals surface area contributed by atoms with Crippen LogP contribution in [0.1, 0.15) is 59.1 Å². The average Bonchev–Trinajstić information content (AvgIpc) is 3.00. The lowest BCUT2D eigenvalue weighted by Gasteiger charge is -2.18. The number of rotatable bonds is 4. The van der Waals surface area contributed by atoms with Crippen LogP contribution in [0.5, 0.6) is 0 Å². The van der Waals surface area contributed by atoms with E-state index in [0.717, 1.165) is 18.9 Å². The Hall–Kier alpha value is -2.84. The molecule has 2 aromatic rings. The van der Waals surface area contributed by atoms with Crippen LogP contribution in [0.2, 0.25) is 0 Å². The van der Waals surface area contributed by atoms with E-state index < -0.39 is 23.6 Å². The standard InChI is InChI=1S/C19H21F3N4O2/c1-11(2)23-17(27)15-14-9-5-6-10-26(14)16(25-15)18(28)24-13-8-4-3-7-12(13)19(20,21)22/h3-4,7-8,11H,5-6,9-10H2,1-2H3,(H,23,27)(H,24,28). The van der Waals surface area contributed by atoms with Gasteiger partial charge in [0.1, 0.15) is 5.69 Å². The van der Waals surface area contributed by atoms with E-state index in [9.17, 15) is 22.8 Å². The van der Waals surface area contributed by atoms with Crippen molar-refractivity contribution in [2.75, 3.05) is 5.32 Å². The second-order valence-corrected chi connectivity index (χ2v) is 6.97. The van der Waals surface area contributed by atoms with E-state index >= 15 is 0 Å². The first-order chi connectivity index (χ1) is 13.2. The van der Waals surface area contributed by atoms with Crippen molar-refractivity contribution in [1.29, 1.82) is 0 Å². The predicted molar refractivity (Wildman–Crippen MR) is 97.2 cm³/mol. The number of aromatic nitrogens is 2. The summed E-state index contributed by atoms with van der Waals surface area (Å²) in [6.07, 6.45) is -2.36. The lowest BCUT2D eigenvalue weighted by atomic mass is 10.1. The Balaban J connectivity index is 1.95. The molecule has 150 valence electrons. The van der Waals surface area contributed by atoms with E-state index in [0.29, 0.717) is 18.7 Å². The summed E-state index contributed by atoms with van der Waals surface area (Å²) in [6, 6.07) is 4.65. The van der Waals surface area contributed by atoms with Crippen LogP contribution < -0.4 is 10.6 Å². The second kappa shape index (κ2) is 7.65. The number of benzene rings is 1. The van der Waals surface area contributed by atoms with Crippen LogP contribution in [0.4, 0.5) is 18.9 Å². The molecule has 1 aliphatic heterocycles. The molecule has 6 nitrogen and oxygen atoms in total. The zero-order chi connectivity index (χ0) is 20.5. The smallest absolute Gasteiger partial charge is 0.348 e. The maximum atomic E-state index is 13.2. The number of hydrogen-bond donors (Lipinski definition) is 2. The average molecular weight is 394 g/mol. The third kappa shape index (κ3) is 4.02. The van der Waals surface area contributed by atoms with Crippen LogP contribution >= 0.6 is 0 Å². The Morgan fingerprint density at radius 3 is 2.54 bits per heavy atom. The molecule has 0 atom stereocenters. The first-order valence-corrected chi connectivity index (χ1v) is 9.06. The molecule has 0 saturated heterocycles. The van der Waals surface area contributed by atoms with Gasteiger partial charge in [0.15, 0.2) is 5.82 Å². The van der Waals surface area contributed by atoms with Gasteiger partial charge in [-0.15, -0.1) is 0 Å². The first kappa shape index (κ1) is 19.9. The van der Waals surface area contributed by atoms with E-state index in [4.69, 9.17) is 0 Å². The normalized spacial score (nSPS) is 13.9. The van der Waals surface area contributed by atoms with Crippen molar-refractivity contribution in [3.05, 3.63) is 47.0 Å². The van der Waals surface area contributed by atoms with Gasteiger partial charge in [0, 0.05) is 12.6 Å². The number of fused-ring (bicyclic) bond motifs is 1. The second-order valence-electron chi connectivity index (χ2n) is 6.97. The van der Waals surface area contributed by atoms with E-state index in [1.807, 2.05) is 13.8 Å². The fraction of sp³-hybridized carbons (Fsp3) is 0.421. The van der Waals surface area contributed by atoms with Crippen molar-refractivity contribution in [3.8, 4) is 0 Å². The molecule has 0 saturated carbocycles. The largest absolute Gasteiger partial charge is 0.418 e. The summed E-state index contributed by atoms with van der Waals surface area (Å²) in [7, 11) is 0. The molecule has 0 aliphatic carbocycles. The van der Waals surface area contributed by atoms with Gasteiger partial charge in [-0.05, 0) is 45.2 Å². The lowest BCUT2D eigenvalue weighted by Crippen LogP contribution is -2.31. The van der Waals surface area contributed by atoms with Gasteiger partial charge < -0.3 is 15.2 Å². The van der Waals surface area contributed by atoms with Gasteiger partial charge in [-0.1, -0.05) is 12.1 Å². The van der Waals surface area contributed by atoms with Gasteiger partial charge in [-0.2, -0.15) is 13.2 Å². The van der Waals surface area contributed by atoms with Crippen LogP contribution in [-0.2, 0) is 19.1 Å². The van der Waals surface area contributed by atoms with E-state index in [1.54, 1.807) is 4.57 Å². The molecule has 1 aliphatic rings. The van der Waals surface area contributed by atoms with Gasteiger partial charge in [-0.3, -0.25) is 9.59 Å². The van der Waals surface area contributed by atoms with Crippen LogP contribution in [-0.4, -0.2) is 27.4 Å². The van der Waals surface area contributed by atoms with Gasteiger partial charge in [0.2, 0.25) is 0 Å². The topological polar surface area (TPSA) is 76.0 Å². The van der Waals surface area contributed by atoms with Crippen molar-refractivity contribution in [2.24, 2.45) is 0 Å². The van der Waals surface area contributed by atoms with Crippen LogP contribution in [0, 0.1) is 0 Å². The van der Waals surface area contributed by atoms with Crippen molar-refractivity contribution in [3.63, 3.8) is 0 Å². The number of hydrogen-bond acceptors (Lipinski definition) is 3. The summed E-state index contributed by atoms with van der Waals surface area (Å²) in [6.45, 7) is 4.10. The highest BCUT2D eigenvalue weighted by Gasteiger charge is 2.34. The Kier molecular flexibility index (Phi) is 5.44. The molecule has 0 bridgehead atoms. The van der Waals surface area contributed by atoms with Crippen molar-refractivity contribution in [1.82, 2.24) is 14.9 Å². The number of amides is 2. The Labute approximate surface area is 160 Å². The summed E-state index contributed by atoms with van der Waals surface area (Å²) >= 11 is 0. The maximum absolute atomic E-state index is 13.2. The van der Waals surface area contributed by atoms with Crippen molar-refractivity contribution >= 4 is 17.5 Å². The molecular weight excluding hydrogens is 373 g/mol. The Bertz CT molecular complexity index is 903. The molecule has 0 unspecified atom stereocenters. The zero-order valence-electron chi connectivity index (χ0n) is 15.6. The summed E-state index contributed by atoms with van der Waals surface area (Å²) in [4.78, 5) is 29.4. The summed E-state index contributed by atoms with van der Waals surface area (Å²) in [5.74, 6) is -1.22. The number of nitrogens with zero attached hydrogens (tertiary/aromatic N) is 2. The number of imidazole rings is 1. The third-order valence-corrected chi connectivity index (χ3v) is 4.44. The third-order valence-electron chi connectivity index (χ3n) is 4.44. The maximum Gasteiger partial charge on any atom is 0.418 e. The number of alkyl halides is 3. The number of para-hydroxylation sites is 1. The SMILES string of the molecule is CC(C)NC(=O)c1nc(C(=O)Nc2ccccc2C(F)(F)F)n2c1CCCC2. The lowest BCUT2D eigenvalue weighted by molar-refractivity contribution is -0.136.